The Morgan fingerprint density at radius 2 is 2.08 bits per heavy atom. The van der Waals surface area contributed by atoms with E-state index in [9.17, 15) is 13.2 Å². The molecule has 0 heterocycles. The molecule has 0 aliphatic carbocycles. The van der Waals surface area contributed by atoms with Gasteiger partial charge in [-0.1, -0.05) is 0 Å². The molecular weight excluding hydrogens is 194 g/mol. The summed E-state index contributed by atoms with van der Waals surface area (Å²) in [7, 11) is -3.62. The highest BCUT2D eigenvalue weighted by molar-refractivity contribution is 7.87. The zero-order valence-electron chi connectivity index (χ0n) is 7.49. The maximum atomic E-state index is 10.6. The average Bonchev–Trinajstić information content (AvgIpc) is 1.95. The van der Waals surface area contributed by atoms with Gasteiger partial charge in [-0.2, -0.15) is 8.42 Å². The van der Waals surface area contributed by atoms with E-state index in [1.165, 1.54) is 6.92 Å². The number of carbonyl (C=O) groups excluding carboxylic acids is 1. The number of hydrogen-bond acceptors (Lipinski definition) is 4. The van der Waals surface area contributed by atoms with Crippen LogP contribution in [-0.2, 0) is 15.0 Å². The summed E-state index contributed by atoms with van der Waals surface area (Å²) in [6, 6.07) is -0.512. The summed E-state index contributed by atoms with van der Waals surface area (Å²) in [4.78, 5) is 10.6. The first-order chi connectivity index (χ1) is 5.83. The van der Waals surface area contributed by atoms with E-state index >= 15 is 0 Å². The average molecular weight is 209 g/mol. The fraction of sp³-hybridized carbons (Fsp3) is 0.833. The lowest BCUT2D eigenvalue weighted by atomic mass is 10.1. The van der Waals surface area contributed by atoms with Crippen LogP contribution in [0.4, 0.5) is 0 Å². The van der Waals surface area contributed by atoms with Crippen molar-refractivity contribution in [2.75, 3.05) is 6.54 Å². The zero-order valence-corrected chi connectivity index (χ0v) is 8.30. The summed E-state index contributed by atoms with van der Waals surface area (Å²) >= 11 is 0. The third-order valence-electron chi connectivity index (χ3n) is 1.52. The topological polar surface area (TPSA) is 115 Å². The highest BCUT2D eigenvalue weighted by Crippen LogP contribution is 1.94. The number of nitrogens with two attached hydrogens (primary N) is 2. The van der Waals surface area contributed by atoms with Gasteiger partial charge in [-0.3, -0.25) is 4.79 Å². The summed E-state index contributed by atoms with van der Waals surface area (Å²) in [6.07, 6.45) is 0.953. The van der Waals surface area contributed by atoms with Crippen molar-refractivity contribution in [3.05, 3.63) is 0 Å². The van der Waals surface area contributed by atoms with Crippen LogP contribution in [-0.4, -0.2) is 26.8 Å². The van der Waals surface area contributed by atoms with Crippen molar-refractivity contribution >= 4 is 16.0 Å². The molecule has 0 unspecified atom stereocenters. The van der Waals surface area contributed by atoms with Crippen LogP contribution in [0.5, 0.6) is 0 Å². The molecule has 5 N–H and O–H groups in total. The van der Waals surface area contributed by atoms with Gasteiger partial charge in [-0.05, 0) is 19.8 Å². The maximum absolute atomic E-state index is 10.6. The molecule has 78 valence electrons. The van der Waals surface area contributed by atoms with Gasteiger partial charge >= 0.3 is 0 Å². The van der Waals surface area contributed by atoms with Gasteiger partial charge in [0.2, 0.25) is 0 Å². The smallest absolute Gasteiger partial charge is 0.274 e. The first-order valence-corrected chi connectivity index (χ1v) is 5.41. The first kappa shape index (κ1) is 12.5. The lowest BCUT2D eigenvalue weighted by molar-refractivity contribution is -0.118. The molecule has 0 aromatic carbocycles. The first-order valence-electron chi connectivity index (χ1n) is 3.86. The summed E-state index contributed by atoms with van der Waals surface area (Å²) in [6.45, 7) is 1.61. The summed E-state index contributed by atoms with van der Waals surface area (Å²) in [5, 5.41) is 4.68. The third-order valence-corrected chi connectivity index (χ3v) is 2.12. The van der Waals surface area contributed by atoms with Crippen LogP contribution in [0.25, 0.3) is 0 Å². The molecule has 0 rings (SSSR count). The van der Waals surface area contributed by atoms with Crippen molar-refractivity contribution in [1.29, 1.82) is 0 Å². The van der Waals surface area contributed by atoms with E-state index in [4.69, 9.17) is 5.73 Å². The van der Waals surface area contributed by atoms with Crippen molar-refractivity contribution in [3.63, 3.8) is 0 Å². The van der Waals surface area contributed by atoms with Crippen LogP contribution in [0.15, 0.2) is 0 Å². The van der Waals surface area contributed by atoms with Gasteiger partial charge in [0.05, 0.1) is 6.04 Å². The van der Waals surface area contributed by atoms with Crippen LogP contribution in [0.2, 0.25) is 0 Å². The Kier molecular flexibility index (Phi) is 5.07. The largest absolute Gasteiger partial charge is 0.322 e. The molecule has 0 aliphatic heterocycles. The van der Waals surface area contributed by atoms with Crippen molar-refractivity contribution < 1.29 is 13.2 Å². The second-order valence-corrected chi connectivity index (χ2v) is 4.18. The Hall–Kier alpha value is -0.500. The molecule has 7 heteroatoms. The van der Waals surface area contributed by atoms with Gasteiger partial charge in [0.15, 0.2) is 0 Å². The second-order valence-electron chi connectivity index (χ2n) is 2.80. The molecule has 1 atom stereocenters. The third kappa shape index (κ3) is 7.85. The minimum absolute atomic E-state index is 0.101. The Morgan fingerprint density at radius 3 is 2.46 bits per heavy atom. The van der Waals surface area contributed by atoms with Crippen LogP contribution < -0.4 is 15.6 Å². The van der Waals surface area contributed by atoms with E-state index in [-0.39, 0.29) is 12.3 Å². The van der Waals surface area contributed by atoms with Gasteiger partial charge in [-0.25, -0.2) is 9.86 Å². The van der Waals surface area contributed by atoms with Crippen molar-refractivity contribution in [2.24, 2.45) is 10.9 Å². The lowest BCUT2D eigenvalue weighted by Crippen LogP contribution is -2.33. The Labute approximate surface area is 77.9 Å². The number of carbonyl (C=O) groups is 1. The predicted molar refractivity (Wildman–Crippen MR) is 49.0 cm³/mol. The molecule has 6 nitrogen and oxygen atoms in total. The molecule has 0 saturated heterocycles. The minimum Gasteiger partial charge on any atom is -0.322 e. The van der Waals surface area contributed by atoms with Crippen LogP contribution in [0.1, 0.15) is 19.8 Å². The molecule has 0 amide bonds. The van der Waals surface area contributed by atoms with E-state index in [1.807, 2.05) is 0 Å². The van der Waals surface area contributed by atoms with E-state index in [2.05, 4.69) is 9.86 Å². The molecule has 0 bridgehead atoms. The van der Waals surface area contributed by atoms with Gasteiger partial charge in [0, 0.05) is 6.54 Å². The van der Waals surface area contributed by atoms with Gasteiger partial charge < -0.3 is 5.73 Å². The molecule has 0 aliphatic rings. The zero-order chi connectivity index (χ0) is 10.5. The number of rotatable bonds is 6. The van der Waals surface area contributed by atoms with Crippen LogP contribution in [0.3, 0.4) is 0 Å². The molecule has 0 aromatic heterocycles. The predicted octanol–water partition coefficient (Wildman–Crippen LogP) is -1.52. The molecule has 13 heavy (non-hydrogen) atoms. The highest BCUT2D eigenvalue weighted by Gasteiger charge is 2.07. The van der Waals surface area contributed by atoms with Gasteiger partial charge in [0.25, 0.3) is 10.2 Å². The molecule has 0 radical (unpaired) electrons. The SMILES string of the molecule is CC(=O)[C@@H](N)CCCNS(N)(=O)=O. The number of hydrogen-bond donors (Lipinski definition) is 3. The maximum Gasteiger partial charge on any atom is 0.274 e. The van der Waals surface area contributed by atoms with Crippen molar-refractivity contribution in [1.82, 2.24) is 4.72 Å². The van der Waals surface area contributed by atoms with Crippen LogP contribution >= 0.6 is 0 Å². The standard InChI is InChI=1S/C6H15N3O3S/c1-5(10)6(7)3-2-4-9-13(8,11)12/h6,9H,2-4,7H2,1H3,(H2,8,11,12)/t6-/m0/s1. The number of ketones is 1. The summed E-state index contributed by atoms with van der Waals surface area (Å²) in [5.41, 5.74) is 5.41. The minimum atomic E-state index is -3.62. The Morgan fingerprint density at radius 1 is 1.54 bits per heavy atom. The van der Waals surface area contributed by atoms with E-state index in [1.54, 1.807) is 0 Å². The number of Topliss-reactive ketones (excluding diaryl/α,β-unsaturated/α-hetero) is 1. The molecule has 0 aromatic rings. The van der Waals surface area contributed by atoms with Crippen LogP contribution in [0, 0.1) is 0 Å². The molecular formula is C6H15N3O3S. The van der Waals surface area contributed by atoms with E-state index < -0.39 is 16.3 Å². The summed E-state index contributed by atoms with van der Waals surface area (Å²) < 4.78 is 22.9. The summed E-state index contributed by atoms with van der Waals surface area (Å²) in [5.74, 6) is -0.101. The normalized spacial score (nSPS) is 14.1. The Balaban J connectivity index is 3.53. The van der Waals surface area contributed by atoms with E-state index in [0.29, 0.717) is 12.8 Å². The van der Waals surface area contributed by atoms with Gasteiger partial charge in [0.1, 0.15) is 5.78 Å². The quantitative estimate of drug-likeness (QED) is 0.460. The second kappa shape index (κ2) is 5.28. The van der Waals surface area contributed by atoms with E-state index in [0.717, 1.165) is 0 Å². The monoisotopic (exact) mass is 209 g/mol. The molecule has 0 saturated carbocycles. The molecule has 0 spiro atoms. The fourth-order valence-electron chi connectivity index (χ4n) is 0.740. The Bertz CT molecular complexity index is 262. The fourth-order valence-corrected chi connectivity index (χ4v) is 1.17. The lowest BCUT2D eigenvalue weighted by Gasteiger charge is -2.06. The van der Waals surface area contributed by atoms with Crippen molar-refractivity contribution in [2.45, 2.75) is 25.8 Å². The van der Waals surface area contributed by atoms with Gasteiger partial charge in [-0.15, -0.1) is 0 Å². The molecule has 0 fully saturated rings. The number of nitrogens with one attached hydrogen (secondary N) is 1. The van der Waals surface area contributed by atoms with Crippen molar-refractivity contribution in [3.8, 4) is 0 Å². The highest BCUT2D eigenvalue weighted by atomic mass is 32.2.